The number of nitro benzene ring substituents is 1. The van der Waals surface area contributed by atoms with E-state index < -0.39 is 20.9 Å². The molecule has 0 aliphatic heterocycles. The Morgan fingerprint density at radius 3 is 2.03 bits per heavy atom. The first-order valence-corrected chi connectivity index (χ1v) is 14.9. The molecule has 0 radical (unpaired) electrons. The predicted molar refractivity (Wildman–Crippen MR) is 143 cm³/mol. The lowest BCUT2D eigenvalue weighted by molar-refractivity contribution is -0.384. The van der Waals surface area contributed by atoms with Gasteiger partial charge in [-0.1, -0.05) is 64.5 Å². The molecule has 36 heavy (non-hydrogen) atoms. The Bertz CT molecular complexity index is 1090. The quantitative estimate of drug-likeness (QED) is 0.103. The first-order valence-electron chi connectivity index (χ1n) is 12.4. The number of hydrogen-bond acceptors (Lipinski definition) is 6. The summed E-state index contributed by atoms with van der Waals surface area (Å²) in [5.74, 6) is -0.804. The third-order valence-corrected chi connectivity index (χ3v) is 8.92. The number of nitro groups is 1. The third-order valence-electron chi connectivity index (χ3n) is 5.88. The summed E-state index contributed by atoms with van der Waals surface area (Å²) < 4.78 is 28.5. The minimum atomic E-state index is -3.83. The molecule has 0 aromatic heterocycles. The molecule has 198 valence electrons. The standard InChI is InChI=1S/C26H36N2O6S2/c1-3-5-7-9-17-27(18-10-8-6-4-2)36(33,34)23-15-16-25(24(19-23)26(29)30)35-20-21-11-13-22(14-12-21)28(31)32/h11-16,19H,3-10,17-18,20H2,1-2H3,(H,29,30). The van der Waals surface area contributed by atoms with Crippen LogP contribution in [0.2, 0.25) is 0 Å². The first-order chi connectivity index (χ1) is 17.2. The van der Waals surface area contributed by atoms with Gasteiger partial charge in [0, 0.05) is 35.9 Å². The van der Waals surface area contributed by atoms with Gasteiger partial charge in [0.2, 0.25) is 10.0 Å². The van der Waals surface area contributed by atoms with Crippen molar-refractivity contribution < 1.29 is 23.2 Å². The Morgan fingerprint density at radius 1 is 0.944 bits per heavy atom. The second kappa shape index (κ2) is 15.0. The van der Waals surface area contributed by atoms with Gasteiger partial charge < -0.3 is 5.11 Å². The van der Waals surface area contributed by atoms with E-state index in [4.69, 9.17) is 0 Å². The molecule has 10 heteroatoms. The lowest BCUT2D eigenvalue weighted by Gasteiger charge is -2.23. The highest BCUT2D eigenvalue weighted by Gasteiger charge is 2.26. The van der Waals surface area contributed by atoms with Gasteiger partial charge in [-0.15, -0.1) is 11.8 Å². The van der Waals surface area contributed by atoms with E-state index in [0.717, 1.165) is 56.9 Å². The fourth-order valence-electron chi connectivity index (χ4n) is 3.77. The number of nitrogens with zero attached hydrogens (tertiary/aromatic N) is 2. The van der Waals surface area contributed by atoms with Gasteiger partial charge in [-0.3, -0.25) is 10.1 Å². The van der Waals surface area contributed by atoms with Crippen molar-refractivity contribution in [3.8, 4) is 0 Å². The summed E-state index contributed by atoms with van der Waals surface area (Å²) in [5, 5.41) is 20.6. The van der Waals surface area contributed by atoms with Crippen LogP contribution in [0.4, 0.5) is 5.69 Å². The Labute approximate surface area is 218 Å². The average molecular weight is 537 g/mol. The van der Waals surface area contributed by atoms with Crippen molar-refractivity contribution in [2.24, 2.45) is 0 Å². The van der Waals surface area contributed by atoms with E-state index in [1.165, 1.54) is 40.3 Å². The Morgan fingerprint density at radius 2 is 1.53 bits per heavy atom. The highest BCUT2D eigenvalue weighted by molar-refractivity contribution is 7.98. The second-order valence-corrected chi connectivity index (χ2v) is 11.7. The molecule has 0 saturated carbocycles. The van der Waals surface area contributed by atoms with Gasteiger partial charge in [0.15, 0.2) is 0 Å². The van der Waals surface area contributed by atoms with Gasteiger partial charge in [-0.25, -0.2) is 13.2 Å². The lowest BCUT2D eigenvalue weighted by Crippen LogP contribution is -2.33. The van der Waals surface area contributed by atoms with Crippen molar-refractivity contribution in [2.45, 2.75) is 80.8 Å². The maximum atomic E-state index is 13.5. The molecular formula is C26H36N2O6S2. The van der Waals surface area contributed by atoms with Crippen LogP contribution in [-0.4, -0.2) is 41.8 Å². The molecule has 0 heterocycles. The van der Waals surface area contributed by atoms with E-state index in [1.807, 2.05) is 0 Å². The summed E-state index contributed by atoms with van der Waals surface area (Å²) in [7, 11) is -3.83. The topological polar surface area (TPSA) is 118 Å². The van der Waals surface area contributed by atoms with Gasteiger partial charge in [0.1, 0.15) is 0 Å². The molecule has 1 N–H and O–H groups in total. The minimum Gasteiger partial charge on any atom is -0.478 e. The number of aromatic carboxylic acids is 1. The van der Waals surface area contributed by atoms with E-state index >= 15 is 0 Å². The largest absolute Gasteiger partial charge is 0.478 e. The normalized spacial score (nSPS) is 11.6. The Kier molecular flexibility index (Phi) is 12.4. The van der Waals surface area contributed by atoms with Crippen molar-refractivity contribution in [2.75, 3.05) is 13.1 Å². The highest BCUT2D eigenvalue weighted by atomic mass is 32.2. The summed E-state index contributed by atoms with van der Waals surface area (Å²) >= 11 is 1.25. The molecule has 0 aliphatic carbocycles. The average Bonchev–Trinajstić information content (AvgIpc) is 2.86. The van der Waals surface area contributed by atoms with Crippen molar-refractivity contribution in [1.82, 2.24) is 4.31 Å². The molecule has 2 rings (SSSR count). The zero-order valence-electron chi connectivity index (χ0n) is 21.0. The molecular weight excluding hydrogens is 500 g/mol. The van der Waals surface area contributed by atoms with Gasteiger partial charge in [0.05, 0.1) is 15.4 Å². The number of benzene rings is 2. The number of unbranched alkanes of at least 4 members (excludes halogenated alkanes) is 6. The molecule has 0 amide bonds. The van der Waals surface area contributed by atoms with Crippen molar-refractivity contribution in [3.05, 3.63) is 63.7 Å². The number of non-ortho nitro benzene ring substituents is 1. The van der Waals surface area contributed by atoms with Crippen LogP contribution in [0.3, 0.4) is 0 Å². The monoisotopic (exact) mass is 536 g/mol. The second-order valence-electron chi connectivity index (χ2n) is 8.70. The molecule has 2 aromatic carbocycles. The van der Waals surface area contributed by atoms with E-state index in [0.29, 0.717) is 23.7 Å². The maximum Gasteiger partial charge on any atom is 0.336 e. The van der Waals surface area contributed by atoms with Crippen LogP contribution in [0.25, 0.3) is 0 Å². The number of carboxylic acid groups (broad SMARTS) is 1. The van der Waals surface area contributed by atoms with Crippen LogP contribution in [-0.2, 0) is 15.8 Å². The molecule has 0 spiro atoms. The molecule has 2 aromatic rings. The summed E-state index contributed by atoms with van der Waals surface area (Å²) in [6.07, 6.45) is 7.67. The summed E-state index contributed by atoms with van der Waals surface area (Å²) in [6, 6.07) is 10.3. The summed E-state index contributed by atoms with van der Waals surface area (Å²) in [5.41, 5.74) is 0.711. The molecule has 0 bridgehead atoms. The van der Waals surface area contributed by atoms with E-state index in [9.17, 15) is 28.4 Å². The molecule has 0 fully saturated rings. The number of hydrogen-bond donors (Lipinski definition) is 1. The van der Waals surface area contributed by atoms with Crippen LogP contribution in [0, 0.1) is 10.1 Å². The van der Waals surface area contributed by atoms with E-state index in [1.54, 1.807) is 18.2 Å². The summed E-state index contributed by atoms with van der Waals surface area (Å²) in [6.45, 7) is 5.06. The molecule has 8 nitrogen and oxygen atoms in total. The van der Waals surface area contributed by atoms with Gasteiger partial charge >= 0.3 is 5.97 Å². The number of rotatable bonds is 17. The molecule has 0 unspecified atom stereocenters. The number of thioether (sulfide) groups is 1. The van der Waals surface area contributed by atoms with E-state index in [-0.39, 0.29) is 16.1 Å². The van der Waals surface area contributed by atoms with Crippen molar-refractivity contribution in [1.29, 1.82) is 0 Å². The lowest BCUT2D eigenvalue weighted by atomic mass is 10.2. The smallest absolute Gasteiger partial charge is 0.336 e. The van der Waals surface area contributed by atoms with Crippen LogP contribution in [0.15, 0.2) is 52.3 Å². The van der Waals surface area contributed by atoms with Crippen LogP contribution in [0.1, 0.15) is 81.1 Å². The number of sulfonamides is 1. The summed E-state index contributed by atoms with van der Waals surface area (Å²) in [4.78, 5) is 22.8. The van der Waals surface area contributed by atoms with Crippen LogP contribution >= 0.6 is 11.8 Å². The van der Waals surface area contributed by atoms with Crippen LogP contribution < -0.4 is 0 Å². The molecule has 0 aliphatic rings. The van der Waals surface area contributed by atoms with Gasteiger partial charge in [-0.05, 0) is 36.6 Å². The van der Waals surface area contributed by atoms with Crippen molar-refractivity contribution >= 4 is 33.4 Å². The zero-order chi connectivity index (χ0) is 26.6. The van der Waals surface area contributed by atoms with Crippen molar-refractivity contribution in [3.63, 3.8) is 0 Å². The number of carboxylic acids is 1. The van der Waals surface area contributed by atoms with Gasteiger partial charge in [0.25, 0.3) is 5.69 Å². The van der Waals surface area contributed by atoms with E-state index in [2.05, 4.69) is 13.8 Å². The third kappa shape index (κ3) is 8.90. The fraction of sp³-hybridized carbons (Fsp3) is 0.500. The Balaban J connectivity index is 2.22. The number of carbonyl (C=O) groups is 1. The SMILES string of the molecule is CCCCCCN(CCCCCC)S(=O)(=O)c1ccc(SCc2ccc([N+](=O)[O-])cc2)c(C(=O)O)c1. The van der Waals surface area contributed by atoms with Crippen LogP contribution in [0.5, 0.6) is 0 Å². The fourth-order valence-corrected chi connectivity index (χ4v) is 6.29. The first kappa shape index (κ1) is 29.8. The highest BCUT2D eigenvalue weighted by Crippen LogP contribution is 2.30. The predicted octanol–water partition coefficient (Wildman–Crippen LogP) is 6.74. The zero-order valence-corrected chi connectivity index (χ0v) is 22.7. The van der Waals surface area contributed by atoms with Gasteiger partial charge in [-0.2, -0.15) is 4.31 Å². The Hall–Kier alpha value is -2.43. The minimum absolute atomic E-state index is 0.00873. The molecule has 0 saturated heterocycles. The maximum absolute atomic E-state index is 13.5. The molecule has 0 atom stereocenters.